The molecule has 0 spiro atoms. The van der Waals surface area contributed by atoms with Crippen molar-refractivity contribution in [2.24, 2.45) is 0 Å². The molecule has 29 heavy (non-hydrogen) atoms. The number of rotatable bonds is 4. The van der Waals surface area contributed by atoms with Gasteiger partial charge in [0.05, 0.1) is 30.7 Å². The number of nitrogens with zero attached hydrogens (tertiary/aromatic N) is 2. The summed E-state index contributed by atoms with van der Waals surface area (Å²) in [7, 11) is -4.28. The predicted molar refractivity (Wildman–Crippen MR) is 106 cm³/mol. The molecule has 154 valence electrons. The van der Waals surface area contributed by atoms with E-state index in [-0.39, 0.29) is 36.2 Å². The van der Waals surface area contributed by atoms with Gasteiger partial charge in [0.25, 0.3) is 10.0 Å². The van der Waals surface area contributed by atoms with Crippen LogP contribution in [0.1, 0.15) is 5.69 Å². The lowest BCUT2D eigenvalue weighted by Gasteiger charge is -2.14. The summed E-state index contributed by atoms with van der Waals surface area (Å²) < 4.78 is 64.8. The Kier molecular flexibility index (Phi) is 5.99. The average molecular weight is 505 g/mol. The Morgan fingerprint density at radius 2 is 1.55 bits per heavy atom. The first kappa shape index (κ1) is 22.0. The Hall–Kier alpha value is -1.65. The minimum Gasteiger partial charge on any atom is -0.200 e. The monoisotopic (exact) mass is 503 g/mol. The van der Waals surface area contributed by atoms with Crippen molar-refractivity contribution in [2.45, 2.75) is 11.1 Å². The Morgan fingerprint density at radius 1 is 0.931 bits per heavy atom. The Labute approximate surface area is 183 Å². The molecule has 0 radical (unpaired) electrons. The molecule has 1 N–H and O–H groups in total. The summed E-state index contributed by atoms with van der Waals surface area (Å²) in [6, 6.07) is 8.76. The fourth-order valence-corrected chi connectivity index (χ4v) is 4.43. The van der Waals surface area contributed by atoms with E-state index in [2.05, 4.69) is 5.10 Å². The second-order valence-corrected chi connectivity index (χ2v) is 8.81. The maximum atomic E-state index is 13.2. The number of nitrogens with one attached hydrogen (secondary N) is 1. The zero-order valence-electron chi connectivity index (χ0n) is 13.8. The molecule has 0 fully saturated rings. The molecular formula is C16H8Cl4F3N3O2S. The van der Waals surface area contributed by atoms with Gasteiger partial charge in [-0.05, 0) is 24.3 Å². The molecule has 0 aliphatic heterocycles. The van der Waals surface area contributed by atoms with Gasteiger partial charge in [0.2, 0.25) is 0 Å². The van der Waals surface area contributed by atoms with E-state index >= 15 is 0 Å². The summed E-state index contributed by atoms with van der Waals surface area (Å²) in [6.07, 6.45) is -4.87. The molecule has 0 atom stereocenters. The van der Waals surface area contributed by atoms with Crippen LogP contribution < -0.4 is 4.83 Å². The second kappa shape index (κ2) is 7.88. The highest BCUT2D eigenvalue weighted by atomic mass is 35.5. The number of alkyl halides is 3. The van der Waals surface area contributed by atoms with Gasteiger partial charge in [0.1, 0.15) is 0 Å². The third-order valence-electron chi connectivity index (χ3n) is 3.63. The van der Waals surface area contributed by atoms with Gasteiger partial charge in [-0.2, -0.15) is 31.2 Å². The summed E-state index contributed by atoms with van der Waals surface area (Å²) in [4.78, 5) is 2.19. The second-order valence-electron chi connectivity index (χ2n) is 5.58. The summed E-state index contributed by atoms with van der Waals surface area (Å²) >= 11 is 24.1. The van der Waals surface area contributed by atoms with Crippen LogP contribution >= 0.6 is 46.4 Å². The third kappa shape index (κ3) is 4.44. The minimum atomic E-state index is -4.87. The minimum absolute atomic E-state index is 0.0302. The fourth-order valence-electron chi connectivity index (χ4n) is 2.33. The van der Waals surface area contributed by atoms with Crippen LogP contribution in [-0.4, -0.2) is 18.3 Å². The molecule has 0 unspecified atom stereocenters. The lowest BCUT2D eigenvalue weighted by molar-refractivity contribution is -0.141. The third-order valence-corrected chi connectivity index (χ3v) is 6.50. The van der Waals surface area contributed by atoms with Crippen LogP contribution in [0.3, 0.4) is 0 Å². The molecule has 0 saturated carbocycles. The van der Waals surface area contributed by atoms with Crippen LogP contribution in [0, 0.1) is 0 Å². The van der Waals surface area contributed by atoms with Gasteiger partial charge in [-0.15, -0.1) is 5.10 Å². The van der Waals surface area contributed by atoms with Crippen LogP contribution in [0.5, 0.6) is 0 Å². The topological polar surface area (TPSA) is 64.0 Å². The number of hydrogen-bond acceptors (Lipinski definition) is 3. The van der Waals surface area contributed by atoms with Crippen molar-refractivity contribution >= 4 is 56.4 Å². The molecule has 13 heteroatoms. The lowest BCUT2D eigenvalue weighted by Crippen LogP contribution is -2.25. The highest BCUT2D eigenvalue weighted by molar-refractivity contribution is 7.92. The maximum Gasteiger partial charge on any atom is 0.435 e. The van der Waals surface area contributed by atoms with Crippen molar-refractivity contribution in [1.82, 2.24) is 9.89 Å². The molecule has 0 aliphatic carbocycles. The van der Waals surface area contributed by atoms with Gasteiger partial charge in [-0.25, -0.2) is 0 Å². The van der Waals surface area contributed by atoms with E-state index in [0.717, 1.165) is 0 Å². The normalized spacial score (nSPS) is 12.2. The van der Waals surface area contributed by atoms with E-state index in [4.69, 9.17) is 46.4 Å². The SMILES string of the molecule is O=S(=O)(Nn1nc(C(F)(F)F)cc1-c1c(Cl)cc(Cl)c(Cl)c1Cl)c1ccccc1. The highest BCUT2D eigenvalue weighted by Gasteiger charge is 2.36. The molecule has 2 aromatic carbocycles. The molecule has 0 aliphatic rings. The number of benzene rings is 2. The summed E-state index contributed by atoms with van der Waals surface area (Å²) in [5.74, 6) is 0. The largest absolute Gasteiger partial charge is 0.435 e. The van der Waals surface area contributed by atoms with Crippen LogP contribution in [0.4, 0.5) is 13.2 Å². The molecule has 1 aromatic heterocycles. The summed E-state index contributed by atoms with van der Waals surface area (Å²) in [5.41, 5.74) is -1.94. The average Bonchev–Trinajstić information content (AvgIpc) is 3.04. The molecule has 3 aromatic rings. The van der Waals surface area contributed by atoms with Gasteiger partial charge in [-0.3, -0.25) is 0 Å². The summed E-state index contributed by atoms with van der Waals surface area (Å²) in [6.45, 7) is 0. The predicted octanol–water partition coefficient (Wildman–Crippen LogP) is 6.11. The van der Waals surface area contributed by atoms with Gasteiger partial charge in [0.15, 0.2) is 5.69 Å². The van der Waals surface area contributed by atoms with E-state index in [1.54, 1.807) is 6.07 Å². The van der Waals surface area contributed by atoms with Crippen molar-refractivity contribution in [3.63, 3.8) is 0 Å². The van der Waals surface area contributed by atoms with Crippen LogP contribution in [0.25, 0.3) is 11.3 Å². The Balaban J connectivity index is 2.22. The van der Waals surface area contributed by atoms with Gasteiger partial charge in [-0.1, -0.05) is 64.6 Å². The number of aromatic nitrogens is 2. The fraction of sp³-hybridized carbons (Fsp3) is 0.0625. The molecule has 3 rings (SSSR count). The molecule has 5 nitrogen and oxygen atoms in total. The van der Waals surface area contributed by atoms with E-state index < -0.39 is 21.9 Å². The quantitative estimate of drug-likeness (QED) is 0.344. The molecule has 0 saturated heterocycles. The van der Waals surface area contributed by atoms with Gasteiger partial charge >= 0.3 is 6.18 Å². The van der Waals surface area contributed by atoms with Gasteiger partial charge in [0, 0.05) is 5.56 Å². The van der Waals surface area contributed by atoms with E-state index in [9.17, 15) is 21.6 Å². The highest BCUT2D eigenvalue weighted by Crippen LogP contribution is 2.44. The molecular weight excluding hydrogens is 497 g/mol. The molecule has 0 bridgehead atoms. The Bertz CT molecular complexity index is 1180. The number of halogens is 7. The number of hydrogen-bond donors (Lipinski definition) is 1. The van der Waals surface area contributed by atoms with E-state index in [1.807, 2.05) is 4.83 Å². The zero-order valence-corrected chi connectivity index (χ0v) is 17.6. The first-order valence-electron chi connectivity index (χ1n) is 7.50. The van der Waals surface area contributed by atoms with Crippen LogP contribution in [0.15, 0.2) is 47.4 Å². The lowest BCUT2D eigenvalue weighted by atomic mass is 10.1. The smallest absolute Gasteiger partial charge is 0.200 e. The van der Waals surface area contributed by atoms with Crippen LogP contribution in [0.2, 0.25) is 20.1 Å². The summed E-state index contributed by atoms with van der Waals surface area (Å²) in [5, 5.41) is 2.69. The van der Waals surface area contributed by atoms with Crippen molar-refractivity contribution in [3.05, 3.63) is 68.2 Å². The molecule has 0 amide bonds. The standard InChI is InChI=1S/C16H8Cl4F3N3O2S/c17-9-6-10(18)14(19)15(20)13(9)11-7-12(16(21,22)23)24-26(11)25-29(27,28)8-4-2-1-3-5-8/h1-7,25H. The van der Waals surface area contributed by atoms with Gasteiger partial charge < -0.3 is 0 Å². The first-order valence-corrected chi connectivity index (χ1v) is 10.5. The van der Waals surface area contributed by atoms with E-state index in [0.29, 0.717) is 10.9 Å². The molecule has 1 heterocycles. The number of sulfonamides is 1. The van der Waals surface area contributed by atoms with Crippen molar-refractivity contribution < 1.29 is 21.6 Å². The van der Waals surface area contributed by atoms with Crippen molar-refractivity contribution in [3.8, 4) is 11.3 Å². The van der Waals surface area contributed by atoms with E-state index in [1.165, 1.54) is 30.3 Å². The van der Waals surface area contributed by atoms with Crippen molar-refractivity contribution in [2.75, 3.05) is 4.83 Å². The first-order chi connectivity index (χ1) is 13.4. The zero-order chi connectivity index (χ0) is 21.6. The maximum absolute atomic E-state index is 13.2. The van der Waals surface area contributed by atoms with Crippen LogP contribution in [-0.2, 0) is 16.2 Å². The van der Waals surface area contributed by atoms with Crippen molar-refractivity contribution in [1.29, 1.82) is 0 Å². The Morgan fingerprint density at radius 3 is 2.14 bits per heavy atom.